The maximum Gasteiger partial charge on any atom is 0.303 e. The largest absolute Gasteiger partial charge is 0.460 e. The van der Waals surface area contributed by atoms with Crippen LogP contribution in [-0.2, 0) is 14.3 Å². The molecule has 0 aliphatic carbocycles. The Hall–Kier alpha value is -2.08. The van der Waals surface area contributed by atoms with Crippen LogP contribution >= 0.6 is 8.58 Å². The Labute approximate surface area is 268 Å². The zero-order chi connectivity index (χ0) is 33.6. The number of allylic oxidation sites excluding steroid dienone is 7. The van der Waals surface area contributed by atoms with Gasteiger partial charge in [-0.1, -0.05) is 78.4 Å². The average Bonchev–Trinajstić information content (AvgIpc) is 2.97. The van der Waals surface area contributed by atoms with Gasteiger partial charge in [-0.25, -0.2) is 0 Å². The average molecular weight is 623 g/mol. The van der Waals surface area contributed by atoms with Gasteiger partial charge in [-0.05, 0) is 92.9 Å². The first-order valence-electron chi connectivity index (χ1n) is 15.4. The molecule has 0 aliphatic rings. The van der Waals surface area contributed by atoms with Gasteiger partial charge in [0.15, 0.2) is 0 Å². The number of benzene rings is 1. The Kier molecular flexibility index (Phi) is 44.4. The van der Waals surface area contributed by atoms with E-state index in [4.69, 9.17) is 20.3 Å². The summed E-state index contributed by atoms with van der Waals surface area (Å²) in [5.74, 6) is -0.225. The minimum atomic E-state index is -0.328. The third kappa shape index (κ3) is 56.3. The van der Waals surface area contributed by atoms with E-state index in [1.165, 1.54) is 38.5 Å². The smallest absolute Gasteiger partial charge is 0.303 e. The molecule has 6 nitrogen and oxygen atoms in total. The summed E-state index contributed by atoms with van der Waals surface area (Å²) in [6, 6.07) is 12.0. The highest BCUT2D eigenvalue weighted by Crippen LogP contribution is 2.19. The molecule has 0 heterocycles. The van der Waals surface area contributed by atoms with Gasteiger partial charge in [-0.3, -0.25) is 4.79 Å². The van der Waals surface area contributed by atoms with Crippen molar-refractivity contribution in [2.45, 2.75) is 99.3 Å². The van der Waals surface area contributed by atoms with E-state index in [1.807, 2.05) is 70.2 Å². The molecule has 1 aromatic carbocycles. The Balaban J connectivity index is -0.000000261. The predicted octanol–water partition coefficient (Wildman–Crippen LogP) is 8.44. The first-order chi connectivity index (χ1) is 20.5. The number of hydrogen-bond donors (Lipinski definition) is 3. The van der Waals surface area contributed by atoms with Crippen molar-refractivity contribution in [1.29, 1.82) is 0 Å². The molecule has 0 bridgehead atoms. The van der Waals surface area contributed by atoms with Crippen LogP contribution in [0.5, 0.6) is 0 Å². The highest BCUT2D eigenvalue weighted by molar-refractivity contribution is 7.38. The minimum Gasteiger partial charge on any atom is -0.460 e. The molecule has 0 amide bonds. The Morgan fingerprint density at radius 1 is 0.977 bits per heavy atom. The normalized spacial score (nSPS) is 11.7. The predicted molar refractivity (Wildman–Crippen MR) is 193 cm³/mol. The number of hydrogen-bond acceptors (Lipinski definition) is 6. The van der Waals surface area contributed by atoms with E-state index in [0.29, 0.717) is 0 Å². The van der Waals surface area contributed by atoms with Gasteiger partial charge in [0.05, 0.1) is 12.8 Å². The quantitative estimate of drug-likeness (QED) is 0.0563. The molecular weight excluding hydrogens is 555 g/mol. The molecule has 2 unspecified atom stereocenters. The van der Waals surface area contributed by atoms with Crippen LogP contribution in [-0.4, -0.2) is 62.0 Å². The summed E-state index contributed by atoms with van der Waals surface area (Å²) < 4.78 is 10.3. The summed E-state index contributed by atoms with van der Waals surface area (Å²) in [7, 11) is 2.02. The van der Waals surface area contributed by atoms with Crippen molar-refractivity contribution in [2.24, 2.45) is 5.73 Å². The number of ether oxygens (including phenoxy) is 2. The van der Waals surface area contributed by atoms with Gasteiger partial charge in [-0.15, -0.1) is 15.2 Å². The second-order valence-electron chi connectivity index (χ2n) is 10.2. The van der Waals surface area contributed by atoms with Crippen molar-refractivity contribution in [2.75, 3.05) is 39.2 Å². The summed E-state index contributed by atoms with van der Waals surface area (Å²) in [6.45, 7) is 21.3. The van der Waals surface area contributed by atoms with E-state index in [0.717, 1.165) is 48.3 Å². The lowest BCUT2D eigenvalue weighted by atomic mass is 10.1. The number of nitrogens with one attached hydrogen (secondary N) is 1. The lowest BCUT2D eigenvalue weighted by Gasteiger charge is -2.17. The summed E-state index contributed by atoms with van der Waals surface area (Å²) in [4.78, 5) is 10.2. The van der Waals surface area contributed by atoms with E-state index in [-0.39, 0.29) is 17.7 Å². The molecule has 4 N–H and O–H groups in total. The van der Waals surface area contributed by atoms with Gasteiger partial charge < -0.3 is 25.6 Å². The topological polar surface area (TPSA) is 93.8 Å². The summed E-state index contributed by atoms with van der Waals surface area (Å²) >= 11 is 0. The van der Waals surface area contributed by atoms with E-state index >= 15 is 0 Å². The number of aliphatic hydroxyl groups is 1. The van der Waals surface area contributed by atoms with Crippen LogP contribution in [0.3, 0.4) is 0 Å². The Bertz CT molecular complexity index is 734. The van der Waals surface area contributed by atoms with Gasteiger partial charge in [0.25, 0.3) is 0 Å². The molecule has 0 saturated carbocycles. The third-order valence-electron chi connectivity index (χ3n) is 4.87. The second-order valence-corrected chi connectivity index (χ2v) is 11.6. The van der Waals surface area contributed by atoms with Crippen LogP contribution in [0.15, 0.2) is 85.0 Å². The van der Waals surface area contributed by atoms with Gasteiger partial charge in [0, 0.05) is 27.2 Å². The fraction of sp³-hybridized carbons (Fsp3) is 0.583. The number of carbonyl (C=O) groups excluding carboxylic acids is 1. The molecule has 7 heteroatoms. The molecule has 0 aliphatic heterocycles. The van der Waals surface area contributed by atoms with E-state index < -0.39 is 0 Å². The van der Waals surface area contributed by atoms with E-state index in [1.54, 1.807) is 5.57 Å². The molecule has 250 valence electrons. The number of nitrogens with two attached hydrogens (primary N) is 1. The van der Waals surface area contributed by atoms with Crippen molar-refractivity contribution in [3.05, 3.63) is 85.0 Å². The molecule has 2 atom stereocenters. The summed E-state index contributed by atoms with van der Waals surface area (Å²) in [5.41, 5.74) is 6.81. The SMILES string of the molecule is C/C=C\CC/C=C\C.C=CCC/C(=C\C)CPCCCOCCNC(C)N.CC(=O)OC(C)(C)C.CO.c1ccccc1. The van der Waals surface area contributed by atoms with Crippen LogP contribution in [0.1, 0.15) is 87.5 Å². The maximum absolute atomic E-state index is 10.2. The fourth-order valence-corrected chi connectivity index (χ4v) is 4.25. The van der Waals surface area contributed by atoms with E-state index in [9.17, 15) is 4.79 Å². The van der Waals surface area contributed by atoms with Crippen LogP contribution < -0.4 is 11.1 Å². The molecule has 0 radical (unpaired) electrons. The minimum absolute atomic E-state index is 0.0555. The fourth-order valence-electron chi connectivity index (χ4n) is 2.97. The van der Waals surface area contributed by atoms with Crippen LogP contribution in [0.25, 0.3) is 0 Å². The van der Waals surface area contributed by atoms with Gasteiger partial charge >= 0.3 is 5.97 Å². The zero-order valence-electron chi connectivity index (χ0n) is 29.0. The lowest BCUT2D eigenvalue weighted by Crippen LogP contribution is -2.36. The molecule has 1 aromatic rings. The van der Waals surface area contributed by atoms with Crippen LogP contribution in [0.2, 0.25) is 0 Å². The first-order valence-corrected chi connectivity index (χ1v) is 16.8. The molecule has 0 aromatic heterocycles. The number of unbranched alkanes of at least 4 members (excludes halogenated alkanes) is 1. The van der Waals surface area contributed by atoms with Gasteiger partial charge in [0.2, 0.25) is 0 Å². The van der Waals surface area contributed by atoms with Crippen molar-refractivity contribution >= 4 is 14.6 Å². The van der Waals surface area contributed by atoms with Crippen LogP contribution in [0, 0.1) is 0 Å². The second kappa shape index (κ2) is 39.9. The lowest BCUT2D eigenvalue weighted by molar-refractivity contribution is -0.151. The molecule has 0 spiro atoms. The van der Waals surface area contributed by atoms with Crippen molar-refractivity contribution in [3.8, 4) is 0 Å². The van der Waals surface area contributed by atoms with Gasteiger partial charge in [0.1, 0.15) is 5.60 Å². The van der Waals surface area contributed by atoms with Crippen LogP contribution in [0.4, 0.5) is 0 Å². The number of aliphatic hydroxyl groups excluding tert-OH is 1. The monoisotopic (exact) mass is 622 g/mol. The Morgan fingerprint density at radius 2 is 1.49 bits per heavy atom. The summed E-state index contributed by atoms with van der Waals surface area (Å²) in [6.07, 6.45) is 21.2. The Morgan fingerprint density at radius 3 is 1.84 bits per heavy atom. The van der Waals surface area contributed by atoms with Crippen molar-refractivity contribution < 1.29 is 19.4 Å². The summed E-state index contributed by atoms with van der Waals surface area (Å²) in [5, 5.41) is 10.1. The molecule has 43 heavy (non-hydrogen) atoms. The number of esters is 1. The van der Waals surface area contributed by atoms with Gasteiger partial charge in [-0.2, -0.15) is 0 Å². The highest BCUT2D eigenvalue weighted by Gasteiger charge is 2.11. The van der Waals surface area contributed by atoms with E-state index in [2.05, 4.69) is 63.0 Å². The van der Waals surface area contributed by atoms with Crippen molar-refractivity contribution in [3.63, 3.8) is 0 Å². The number of rotatable bonds is 16. The molecule has 0 saturated heterocycles. The third-order valence-corrected chi connectivity index (χ3v) is 6.28. The number of carbonyl (C=O) groups is 1. The van der Waals surface area contributed by atoms with Crippen molar-refractivity contribution in [1.82, 2.24) is 5.32 Å². The standard InChI is InChI=1S/C15H31N2OP.C8H14.C6H12O2.C6H6.CH4O/c1-4-6-8-15(5-2)13-19-12-7-10-18-11-9-17-14(3)16;1-3-5-7-8-6-4-2;1-5(7)8-6(2,3)4;1-2-4-6-5-3-1;1-2/h4-5,14,17,19H,1,6-13,16H2,2-3H3;3-6H,7-8H2,1-2H3;1-4H3;1-6H;2H,1H3/b15-5+;5-3-,6-4-;;;. The molecule has 0 fully saturated rings. The zero-order valence-corrected chi connectivity index (χ0v) is 30.0. The molecular formula is C36H67N2O4P. The maximum atomic E-state index is 10.2. The first kappa shape index (κ1) is 47.8. The molecule has 1 rings (SSSR count). The highest BCUT2D eigenvalue weighted by atomic mass is 31.1.